The molecule has 4 aromatic rings. The fourth-order valence-electron chi connectivity index (χ4n) is 4.05. The van der Waals surface area contributed by atoms with Crippen molar-refractivity contribution in [1.29, 1.82) is 0 Å². The number of aryl methyl sites for hydroxylation is 1. The van der Waals surface area contributed by atoms with Crippen LogP contribution >= 0.6 is 0 Å². The van der Waals surface area contributed by atoms with E-state index in [-0.39, 0.29) is 31.1 Å². The zero-order valence-corrected chi connectivity index (χ0v) is 15.2. The van der Waals surface area contributed by atoms with Crippen LogP contribution in [0.5, 0.6) is 0 Å². The van der Waals surface area contributed by atoms with Crippen molar-refractivity contribution in [3.05, 3.63) is 65.4 Å². The molecule has 2 heteroatoms. The van der Waals surface area contributed by atoms with Crippen LogP contribution in [0.1, 0.15) is 34.7 Å². The summed E-state index contributed by atoms with van der Waals surface area (Å²) in [4.78, 5) is 4.55. The minimum Gasteiger partial charge on any atom is -0.304 e. The van der Waals surface area contributed by atoms with Crippen molar-refractivity contribution < 1.29 is 24.2 Å². The second kappa shape index (κ2) is 4.63. The van der Waals surface area contributed by atoms with Gasteiger partial charge >= 0.3 is 0 Å². The molecular weight excluding hydrogens is 458 g/mol. The Morgan fingerprint density at radius 3 is 2.74 bits per heavy atom. The van der Waals surface area contributed by atoms with Gasteiger partial charge in [-0.2, -0.15) is 0 Å². The van der Waals surface area contributed by atoms with Crippen LogP contribution in [0, 0.1) is 12.9 Å². The molecule has 0 spiro atoms. The number of hydrogen-bond donors (Lipinski definition) is 0. The molecule has 3 aromatic carbocycles. The Kier molecular flexibility index (Phi) is 2.36. The number of fused-ring (bicyclic) bond motifs is 3. The first-order valence-electron chi connectivity index (χ1n) is 9.00. The van der Waals surface area contributed by atoms with Gasteiger partial charge < -0.3 is 4.98 Å². The van der Waals surface area contributed by atoms with E-state index in [1.165, 1.54) is 28.1 Å². The summed E-state index contributed by atoms with van der Waals surface area (Å²) in [5.74, 6) is 0. The van der Waals surface area contributed by atoms with Crippen molar-refractivity contribution in [3.8, 4) is 0 Å². The third-order valence-corrected chi connectivity index (χ3v) is 5.07. The molecule has 115 valence electrons. The molecule has 5 rings (SSSR count). The average molecular weight is 478 g/mol. The van der Waals surface area contributed by atoms with E-state index in [1.807, 2.05) is 6.07 Å². The van der Waals surface area contributed by atoms with E-state index >= 15 is 0 Å². The van der Waals surface area contributed by atoms with E-state index < -0.39 is 6.85 Å². The summed E-state index contributed by atoms with van der Waals surface area (Å²) in [6.07, 6.45) is 1.48. The first-order chi connectivity index (χ1) is 11.8. The molecule has 1 radical (unpaired) electrons. The van der Waals surface area contributed by atoms with Crippen molar-refractivity contribution in [1.82, 2.24) is 4.98 Å². The summed E-state index contributed by atoms with van der Waals surface area (Å²) in [6, 6.07) is 15.5. The Hall–Kier alpha value is -1.76. The molecule has 0 bridgehead atoms. The third-order valence-electron chi connectivity index (χ3n) is 5.07. The van der Waals surface area contributed by atoms with Crippen LogP contribution in [0.2, 0.25) is 0 Å². The number of aromatic nitrogens is 1. The van der Waals surface area contributed by atoms with E-state index in [0.29, 0.717) is 0 Å². The van der Waals surface area contributed by atoms with Gasteiger partial charge in [0, 0.05) is 30.4 Å². The van der Waals surface area contributed by atoms with Crippen molar-refractivity contribution >= 4 is 32.4 Å². The third kappa shape index (κ3) is 1.68. The number of pyridine rings is 1. The second-order valence-corrected chi connectivity index (χ2v) is 6.61. The summed E-state index contributed by atoms with van der Waals surface area (Å²) in [5, 5.41) is 5.37. The van der Waals surface area contributed by atoms with Gasteiger partial charge in [-0.25, -0.2) is 0 Å². The Morgan fingerprint density at radius 1 is 1.09 bits per heavy atom. The molecule has 1 aliphatic carbocycles. The number of rotatable bonds is 0. The molecule has 0 saturated heterocycles. The molecule has 0 saturated carbocycles. The van der Waals surface area contributed by atoms with Crippen molar-refractivity contribution in [2.75, 3.05) is 0 Å². The maximum atomic E-state index is 7.72. The van der Waals surface area contributed by atoms with Gasteiger partial charge in [-0.3, -0.25) is 0 Å². The molecule has 1 aromatic heterocycles. The maximum absolute atomic E-state index is 7.72. The van der Waals surface area contributed by atoms with E-state index in [4.69, 9.17) is 4.11 Å². The zero-order valence-electron chi connectivity index (χ0n) is 15.8. The van der Waals surface area contributed by atoms with Gasteiger partial charge in [-0.05, 0) is 45.1 Å². The smallest absolute Gasteiger partial charge is 0.0280 e. The van der Waals surface area contributed by atoms with Gasteiger partial charge in [0.2, 0.25) is 0 Å². The Bertz CT molecular complexity index is 1210. The predicted molar refractivity (Wildman–Crippen MR) is 92.5 cm³/mol. The van der Waals surface area contributed by atoms with Crippen LogP contribution in [0.3, 0.4) is 0 Å². The largest absolute Gasteiger partial charge is 0.304 e. The summed E-state index contributed by atoms with van der Waals surface area (Å²) in [7, 11) is 0. The van der Waals surface area contributed by atoms with Crippen molar-refractivity contribution in [2.45, 2.75) is 26.1 Å². The van der Waals surface area contributed by atoms with E-state index in [0.717, 1.165) is 21.7 Å². The fourth-order valence-corrected chi connectivity index (χ4v) is 4.05. The molecule has 23 heavy (non-hydrogen) atoms. The number of hydrogen-bond acceptors (Lipinski definition) is 1. The summed E-state index contributed by atoms with van der Waals surface area (Å²) in [6.45, 7) is 2.32. The van der Waals surface area contributed by atoms with Gasteiger partial charge in [0.25, 0.3) is 0 Å². The van der Waals surface area contributed by atoms with Gasteiger partial charge in [-0.1, -0.05) is 43.5 Å². The molecule has 1 aliphatic rings. The van der Waals surface area contributed by atoms with Crippen LogP contribution in [0.4, 0.5) is 0 Å². The standard InChI is InChI=1S/C21H16N.Ir/c1-12-10-15-13-6-4-8-16-18(13)19-14(20(15)22-11-12)7-5-9-17(19)21(16,2)3;/h4-6,8-11H,1-3H3;/q-1;/i1D3;. The van der Waals surface area contributed by atoms with Crippen LogP contribution in [-0.4, -0.2) is 4.98 Å². The van der Waals surface area contributed by atoms with Crippen LogP contribution in [0.25, 0.3) is 32.4 Å². The first-order valence-corrected chi connectivity index (χ1v) is 7.50. The average Bonchev–Trinajstić information content (AvgIpc) is 2.82. The number of nitrogens with zero attached hydrogens (tertiary/aromatic N) is 1. The summed E-state index contributed by atoms with van der Waals surface area (Å²) in [5.41, 5.74) is 3.59. The first kappa shape index (κ1) is 11.7. The Morgan fingerprint density at radius 2 is 1.91 bits per heavy atom. The maximum Gasteiger partial charge on any atom is 0.0280 e. The van der Waals surface area contributed by atoms with Gasteiger partial charge in [0.05, 0.1) is 0 Å². The molecule has 1 heterocycles. The van der Waals surface area contributed by atoms with E-state index in [9.17, 15) is 0 Å². The minimum atomic E-state index is -2.16. The van der Waals surface area contributed by atoms with Gasteiger partial charge in [-0.15, -0.1) is 29.1 Å². The molecule has 0 fully saturated rings. The number of benzene rings is 3. The Labute approximate surface area is 153 Å². The molecule has 0 atom stereocenters. The van der Waals surface area contributed by atoms with E-state index in [2.05, 4.69) is 49.2 Å². The summed E-state index contributed by atoms with van der Waals surface area (Å²) < 4.78 is 23.2. The van der Waals surface area contributed by atoms with Crippen molar-refractivity contribution in [2.24, 2.45) is 0 Å². The normalized spacial score (nSPS) is 17.2. The molecule has 0 amide bonds. The van der Waals surface area contributed by atoms with Crippen LogP contribution in [0.15, 0.2) is 42.6 Å². The summed E-state index contributed by atoms with van der Waals surface area (Å²) >= 11 is 0. The van der Waals surface area contributed by atoms with Crippen LogP contribution in [-0.2, 0) is 25.5 Å². The van der Waals surface area contributed by atoms with Gasteiger partial charge in [0.1, 0.15) is 0 Å². The quantitative estimate of drug-likeness (QED) is 0.248. The van der Waals surface area contributed by atoms with Gasteiger partial charge in [0.15, 0.2) is 0 Å². The minimum absolute atomic E-state index is 0. The van der Waals surface area contributed by atoms with Crippen molar-refractivity contribution in [3.63, 3.8) is 0 Å². The molecular formula is C21H16IrN-. The second-order valence-electron chi connectivity index (χ2n) is 6.61. The molecule has 0 aliphatic heterocycles. The fraction of sp³-hybridized carbons (Fsp3) is 0.190. The topological polar surface area (TPSA) is 12.9 Å². The SMILES string of the molecule is [2H]C([2H])([2H])c1cnc2c3[c-]ccc4c3c3c(cccc3c2c1)C4(C)C.[Ir]. The molecule has 0 N–H and O–H groups in total. The molecule has 0 unspecified atom stereocenters. The van der Waals surface area contributed by atoms with E-state index in [1.54, 1.807) is 6.07 Å². The monoisotopic (exact) mass is 478 g/mol. The zero-order chi connectivity index (χ0) is 17.6. The molecule has 1 nitrogen and oxygen atoms in total. The predicted octanol–water partition coefficient (Wildman–Crippen LogP) is 5.29. The van der Waals surface area contributed by atoms with Crippen LogP contribution < -0.4 is 0 Å². The Balaban J connectivity index is 0.00000168.